The highest BCUT2D eigenvalue weighted by Gasteiger charge is 2.17. The van der Waals surface area contributed by atoms with Crippen LogP contribution in [0.2, 0.25) is 0 Å². The maximum absolute atomic E-state index is 12.5. The number of pyridine rings is 1. The minimum atomic E-state index is -0.796. The van der Waals surface area contributed by atoms with Crippen LogP contribution >= 0.6 is 0 Å². The molecule has 1 aliphatic rings. The number of morpholine rings is 1. The van der Waals surface area contributed by atoms with E-state index in [9.17, 15) is 14.4 Å². The van der Waals surface area contributed by atoms with E-state index in [1.807, 2.05) is 24.3 Å². The van der Waals surface area contributed by atoms with E-state index < -0.39 is 11.5 Å². The Morgan fingerprint density at radius 3 is 2.39 bits per heavy atom. The Labute approximate surface area is 162 Å². The smallest absolute Gasteiger partial charge is 0.264 e. The van der Waals surface area contributed by atoms with Gasteiger partial charge >= 0.3 is 0 Å². The molecular formula is C20H24N4O4. The number of amides is 2. The number of benzene rings is 1. The number of hydrogen-bond donors (Lipinski definition) is 2. The molecule has 8 heteroatoms. The van der Waals surface area contributed by atoms with Crippen LogP contribution in [0, 0.1) is 13.8 Å². The minimum absolute atomic E-state index is 0.0896. The number of nitrogens with one attached hydrogen (secondary N) is 1. The first-order valence-electron chi connectivity index (χ1n) is 9.10. The number of ether oxygens (including phenoxy) is 1. The van der Waals surface area contributed by atoms with Crippen LogP contribution in [0.4, 0.5) is 11.4 Å². The molecule has 0 bridgehead atoms. The lowest BCUT2D eigenvalue weighted by atomic mass is 10.1. The van der Waals surface area contributed by atoms with Gasteiger partial charge in [-0.2, -0.15) is 0 Å². The molecule has 2 heterocycles. The van der Waals surface area contributed by atoms with Crippen molar-refractivity contribution in [1.29, 1.82) is 0 Å². The number of hydrogen-bond acceptors (Lipinski definition) is 5. The summed E-state index contributed by atoms with van der Waals surface area (Å²) in [5.41, 5.74) is 7.45. The van der Waals surface area contributed by atoms with Crippen molar-refractivity contribution in [2.75, 3.05) is 36.5 Å². The monoisotopic (exact) mass is 384 g/mol. The van der Waals surface area contributed by atoms with E-state index in [4.69, 9.17) is 10.5 Å². The second kappa shape index (κ2) is 8.26. The van der Waals surface area contributed by atoms with E-state index in [-0.39, 0.29) is 18.0 Å². The highest BCUT2D eigenvalue weighted by molar-refractivity contribution is 5.94. The molecule has 1 saturated heterocycles. The third-order valence-corrected chi connectivity index (χ3v) is 4.78. The molecule has 2 aromatic rings. The number of aryl methyl sites for hydroxylation is 2. The van der Waals surface area contributed by atoms with Gasteiger partial charge in [-0.1, -0.05) is 0 Å². The fourth-order valence-electron chi connectivity index (χ4n) is 3.34. The highest BCUT2D eigenvalue weighted by atomic mass is 16.5. The lowest BCUT2D eigenvalue weighted by Crippen LogP contribution is -2.36. The van der Waals surface area contributed by atoms with Gasteiger partial charge in [-0.05, 0) is 49.7 Å². The number of nitrogens with two attached hydrogens (primary N) is 1. The Hall–Kier alpha value is -3.13. The molecule has 148 valence electrons. The number of anilines is 2. The van der Waals surface area contributed by atoms with Gasteiger partial charge in [0.1, 0.15) is 12.1 Å². The van der Waals surface area contributed by atoms with Gasteiger partial charge in [-0.15, -0.1) is 0 Å². The first-order chi connectivity index (χ1) is 13.4. The van der Waals surface area contributed by atoms with Crippen LogP contribution in [-0.4, -0.2) is 42.7 Å². The van der Waals surface area contributed by atoms with Gasteiger partial charge in [0, 0.05) is 30.2 Å². The summed E-state index contributed by atoms with van der Waals surface area (Å²) in [6.45, 7) is 6.24. The Morgan fingerprint density at radius 1 is 1.14 bits per heavy atom. The van der Waals surface area contributed by atoms with E-state index >= 15 is 0 Å². The van der Waals surface area contributed by atoms with E-state index in [2.05, 4.69) is 10.2 Å². The lowest BCUT2D eigenvalue weighted by Gasteiger charge is -2.28. The third kappa shape index (κ3) is 4.23. The first-order valence-corrected chi connectivity index (χ1v) is 9.10. The molecule has 1 fully saturated rings. The second-order valence-electron chi connectivity index (χ2n) is 6.79. The van der Waals surface area contributed by atoms with Crippen molar-refractivity contribution in [3.05, 3.63) is 57.5 Å². The van der Waals surface area contributed by atoms with Crippen LogP contribution in [0.5, 0.6) is 0 Å². The Bertz CT molecular complexity index is 944. The largest absolute Gasteiger partial charge is 0.378 e. The van der Waals surface area contributed by atoms with Crippen LogP contribution in [0.1, 0.15) is 21.6 Å². The predicted molar refractivity (Wildman–Crippen MR) is 107 cm³/mol. The number of rotatable bonds is 5. The Morgan fingerprint density at radius 2 is 1.79 bits per heavy atom. The lowest BCUT2D eigenvalue weighted by molar-refractivity contribution is -0.116. The molecule has 0 unspecified atom stereocenters. The quantitative estimate of drug-likeness (QED) is 0.801. The molecule has 0 atom stereocenters. The van der Waals surface area contributed by atoms with Gasteiger partial charge in [0.25, 0.3) is 11.5 Å². The van der Waals surface area contributed by atoms with Crippen molar-refractivity contribution in [3.63, 3.8) is 0 Å². The number of nitrogens with zero attached hydrogens (tertiary/aromatic N) is 2. The summed E-state index contributed by atoms with van der Waals surface area (Å²) in [6.07, 6.45) is 0. The van der Waals surface area contributed by atoms with Crippen LogP contribution < -0.4 is 21.5 Å². The van der Waals surface area contributed by atoms with Crippen molar-refractivity contribution in [2.24, 2.45) is 5.73 Å². The zero-order valence-corrected chi connectivity index (χ0v) is 16.0. The summed E-state index contributed by atoms with van der Waals surface area (Å²) in [4.78, 5) is 38.7. The van der Waals surface area contributed by atoms with Crippen LogP contribution in [0.3, 0.4) is 0 Å². The molecule has 3 N–H and O–H groups in total. The summed E-state index contributed by atoms with van der Waals surface area (Å²) in [6, 6.07) is 9.20. The van der Waals surface area contributed by atoms with Crippen molar-refractivity contribution in [1.82, 2.24) is 4.57 Å². The SMILES string of the molecule is Cc1cc(C)n(CC(=O)Nc2ccc(N3CCOCC3)cc2)c(=O)c1C(N)=O. The molecule has 0 aliphatic carbocycles. The molecule has 1 aromatic carbocycles. The van der Waals surface area contributed by atoms with Gasteiger partial charge in [0.15, 0.2) is 0 Å². The average molecular weight is 384 g/mol. The molecule has 28 heavy (non-hydrogen) atoms. The maximum atomic E-state index is 12.5. The molecule has 3 rings (SSSR count). The molecule has 0 saturated carbocycles. The van der Waals surface area contributed by atoms with Gasteiger partial charge < -0.3 is 25.3 Å². The minimum Gasteiger partial charge on any atom is -0.378 e. The summed E-state index contributed by atoms with van der Waals surface area (Å²) in [5, 5.41) is 2.78. The molecule has 0 spiro atoms. The van der Waals surface area contributed by atoms with Crippen LogP contribution in [0.15, 0.2) is 35.1 Å². The van der Waals surface area contributed by atoms with Crippen molar-refractivity contribution in [3.8, 4) is 0 Å². The third-order valence-electron chi connectivity index (χ3n) is 4.78. The van der Waals surface area contributed by atoms with Crippen molar-refractivity contribution >= 4 is 23.2 Å². The summed E-state index contributed by atoms with van der Waals surface area (Å²) >= 11 is 0. The van der Waals surface area contributed by atoms with Crippen molar-refractivity contribution in [2.45, 2.75) is 20.4 Å². The molecule has 8 nitrogen and oxygen atoms in total. The van der Waals surface area contributed by atoms with Gasteiger partial charge in [-0.25, -0.2) is 0 Å². The van der Waals surface area contributed by atoms with Crippen molar-refractivity contribution < 1.29 is 14.3 Å². The number of aromatic nitrogens is 1. The van der Waals surface area contributed by atoms with E-state index in [1.165, 1.54) is 4.57 Å². The zero-order valence-electron chi connectivity index (χ0n) is 16.0. The first kappa shape index (κ1) is 19.6. The van der Waals surface area contributed by atoms with Gasteiger partial charge in [0.05, 0.1) is 13.2 Å². The number of primary amides is 1. The van der Waals surface area contributed by atoms with Gasteiger partial charge in [0.2, 0.25) is 5.91 Å². The van der Waals surface area contributed by atoms with Gasteiger partial charge in [-0.3, -0.25) is 14.4 Å². The Balaban J connectivity index is 1.71. The summed E-state index contributed by atoms with van der Waals surface area (Å²) in [7, 11) is 0. The average Bonchev–Trinajstić information content (AvgIpc) is 2.66. The normalized spacial score (nSPS) is 14.0. The molecular weight excluding hydrogens is 360 g/mol. The molecule has 2 amide bonds. The van der Waals surface area contributed by atoms with Crippen LogP contribution in [-0.2, 0) is 16.1 Å². The molecule has 0 radical (unpaired) electrons. The molecule has 1 aromatic heterocycles. The van der Waals surface area contributed by atoms with E-state index in [0.717, 1.165) is 18.8 Å². The fourth-order valence-corrected chi connectivity index (χ4v) is 3.34. The standard InChI is InChI=1S/C20H24N4O4/c1-13-11-14(2)24(20(27)18(13)19(21)26)12-17(25)22-15-3-5-16(6-4-15)23-7-9-28-10-8-23/h3-6,11H,7-10,12H2,1-2H3,(H2,21,26)(H,22,25). The Kier molecular flexibility index (Phi) is 5.79. The van der Waals surface area contributed by atoms with E-state index in [0.29, 0.717) is 30.2 Å². The topological polar surface area (TPSA) is 107 Å². The summed E-state index contributed by atoms with van der Waals surface area (Å²) < 4.78 is 6.60. The highest BCUT2D eigenvalue weighted by Crippen LogP contribution is 2.19. The second-order valence-corrected chi connectivity index (χ2v) is 6.79. The van der Waals surface area contributed by atoms with Crippen LogP contribution in [0.25, 0.3) is 0 Å². The predicted octanol–water partition coefficient (Wildman–Crippen LogP) is 1.04. The maximum Gasteiger partial charge on any atom is 0.264 e. The zero-order chi connectivity index (χ0) is 20.3. The molecule has 1 aliphatic heterocycles. The number of carbonyl (C=O) groups excluding carboxylic acids is 2. The number of carbonyl (C=O) groups is 2. The van der Waals surface area contributed by atoms with E-state index in [1.54, 1.807) is 19.9 Å². The summed E-state index contributed by atoms with van der Waals surface area (Å²) in [5.74, 6) is -1.15. The fraction of sp³-hybridized carbons (Fsp3) is 0.350.